The van der Waals surface area contributed by atoms with Gasteiger partial charge in [0.25, 0.3) is 5.22 Å². The number of methoxy groups -OCH3 is 1. The lowest BCUT2D eigenvalue weighted by molar-refractivity contribution is -0.135. The molecule has 5 nitrogen and oxygen atoms in total. The lowest BCUT2D eigenvalue weighted by Crippen LogP contribution is -2.21. The molecule has 1 unspecified atom stereocenters. The first kappa shape index (κ1) is 15.1. The second-order valence-corrected chi connectivity index (χ2v) is 6.51. The van der Waals surface area contributed by atoms with Crippen molar-refractivity contribution >= 4 is 28.8 Å². The molecule has 0 spiro atoms. The smallest absolute Gasteiger partial charge is 0.311 e. The van der Waals surface area contributed by atoms with Gasteiger partial charge in [-0.25, -0.2) is 4.98 Å². The van der Waals surface area contributed by atoms with E-state index in [1.807, 2.05) is 36.4 Å². The van der Waals surface area contributed by atoms with Crippen LogP contribution >= 0.6 is 11.8 Å². The van der Waals surface area contributed by atoms with Crippen LogP contribution in [-0.2, 0) is 4.79 Å². The Morgan fingerprint density at radius 1 is 1.29 bits per heavy atom. The Morgan fingerprint density at radius 3 is 3.00 bits per heavy atom. The molecule has 2 aromatic carbocycles. The molecule has 3 aromatic rings. The average Bonchev–Trinajstić information content (AvgIpc) is 3.01. The van der Waals surface area contributed by atoms with Crippen molar-refractivity contribution in [2.75, 3.05) is 12.9 Å². The van der Waals surface area contributed by atoms with Gasteiger partial charge >= 0.3 is 5.97 Å². The zero-order valence-corrected chi connectivity index (χ0v) is 13.8. The van der Waals surface area contributed by atoms with Crippen molar-refractivity contribution in [1.82, 2.24) is 4.98 Å². The van der Waals surface area contributed by atoms with E-state index in [1.165, 1.54) is 11.8 Å². The molecule has 1 aliphatic heterocycles. The molecule has 4 rings (SSSR count). The minimum atomic E-state index is -0.223. The molecule has 24 heavy (non-hydrogen) atoms. The summed E-state index contributed by atoms with van der Waals surface area (Å²) in [5.41, 5.74) is 2.63. The summed E-state index contributed by atoms with van der Waals surface area (Å²) in [7, 11) is 1.59. The maximum atomic E-state index is 11.9. The molecule has 2 heterocycles. The van der Waals surface area contributed by atoms with Crippen molar-refractivity contribution in [1.29, 1.82) is 0 Å². The third kappa shape index (κ3) is 2.85. The first-order valence-electron chi connectivity index (χ1n) is 7.60. The highest BCUT2D eigenvalue weighted by Crippen LogP contribution is 2.39. The Bertz CT molecular complexity index is 872. The number of oxazole rings is 1. The van der Waals surface area contributed by atoms with Gasteiger partial charge in [-0.1, -0.05) is 30.0 Å². The van der Waals surface area contributed by atoms with E-state index in [2.05, 4.69) is 4.98 Å². The van der Waals surface area contributed by atoms with Gasteiger partial charge in [-0.3, -0.25) is 4.79 Å². The molecule has 1 aliphatic rings. The van der Waals surface area contributed by atoms with Gasteiger partial charge < -0.3 is 13.9 Å². The molecular weight excluding hydrogens is 326 g/mol. The van der Waals surface area contributed by atoms with Gasteiger partial charge in [0, 0.05) is 17.7 Å². The number of esters is 1. The van der Waals surface area contributed by atoms with Crippen LogP contribution in [0.4, 0.5) is 0 Å². The fourth-order valence-corrected chi connectivity index (χ4v) is 3.73. The number of carbonyl (C=O) groups excluding carboxylic acids is 1. The molecule has 0 radical (unpaired) electrons. The Balaban J connectivity index is 1.55. The van der Waals surface area contributed by atoms with Crippen LogP contribution < -0.4 is 9.47 Å². The number of nitrogens with zero attached hydrogens (tertiary/aromatic N) is 1. The van der Waals surface area contributed by atoms with Crippen LogP contribution in [0, 0.1) is 0 Å². The number of rotatable bonds is 4. The number of aromatic nitrogens is 1. The second-order valence-electron chi connectivity index (χ2n) is 5.54. The van der Waals surface area contributed by atoms with Crippen molar-refractivity contribution in [3.8, 4) is 11.5 Å². The predicted molar refractivity (Wildman–Crippen MR) is 90.7 cm³/mol. The van der Waals surface area contributed by atoms with Gasteiger partial charge in [-0.2, -0.15) is 0 Å². The maximum absolute atomic E-state index is 11.9. The number of fused-ring (bicyclic) bond motifs is 2. The molecule has 122 valence electrons. The highest BCUT2D eigenvalue weighted by Gasteiger charge is 2.28. The van der Waals surface area contributed by atoms with Gasteiger partial charge in [0.15, 0.2) is 5.58 Å². The SMILES string of the molecule is COc1ccc2c(c1)OC(=O)CC2CSc1nc2ccccc2o1. The van der Waals surface area contributed by atoms with E-state index >= 15 is 0 Å². The van der Waals surface area contributed by atoms with Gasteiger partial charge in [-0.05, 0) is 23.8 Å². The summed E-state index contributed by atoms with van der Waals surface area (Å²) in [6.07, 6.45) is 0.354. The number of hydrogen-bond acceptors (Lipinski definition) is 6. The Kier molecular flexibility index (Phi) is 3.90. The highest BCUT2D eigenvalue weighted by molar-refractivity contribution is 7.99. The summed E-state index contributed by atoms with van der Waals surface area (Å²) in [5, 5.41) is 0.616. The van der Waals surface area contributed by atoms with Crippen molar-refractivity contribution in [3.63, 3.8) is 0 Å². The Morgan fingerprint density at radius 2 is 2.17 bits per heavy atom. The molecule has 6 heteroatoms. The van der Waals surface area contributed by atoms with Crippen LogP contribution in [0.1, 0.15) is 17.9 Å². The van der Waals surface area contributed by atoms with E-state index in [0.29, 0.717) is 28.9 Å². The molecular formula is C18H15NO4S. The molecule has 0 bridgehead atoms. The molecule has 1 atom stereocenters. The lowest BCUT2D eigenvalue weighted by atomic mass is 9.94. The summed E-state index contributed by atoms with van der Waals surface area (Å²) < 4.78 is 16.3. The summed E-state index contributed by atoms with van der Waals surface area (Å²) in [6.45, 7) is 0. The summed E-state index contributed by atoms with van der Waals surface area (Å²) in [5.74, 6) is 1.79. The van der Waals surface area contributed by atoms with Gasteiger partial charge in [-0.15, -0.1) is 0 Å². The number of para-hydroxylation sites is 2. The number of ether oxygens (including phenoxy) is 2. The van der Waals surface area contributed by atoms with Crippen molar-refractivity contribution in [3.05, 3.63) is 48.0 Å². The highest BCUT2D eigenvalue weighted by atomic mass is 32.2. The standard InChI is InChI=1S/C18H15NO4S/c1-21-12-6-7-13-11(8-17(20)22-16(13)9-12)10-24-18-19-14-4-2-3-5-15(14)23-18/h2-7,9,11H,8,10H2,1H3. The van der Waals surface area contributed by atoms with Crippen LogP contribution in [0.15, 0.2) is 52.1 Å². The van der Waals surface area contributed by atoms with E-state index in [1.54, 1.807) is 13.2 Å². The van der Waals surface area contributed by atoms with Crippen molar-refractivity contribution < 1.29 is 18.7 Å². The number of carbonyl (C=O) groups is 1. The molecule has 0 aliphatic carbocycles. The van der Waals surface area contributed by atoms with Crippen LogP contribution in [0.5, 0.6) is 11.5 Å². The van der Waals surface area contributed by atoms with Gasteiger partial charge in [0.05, 0.1) is 13.5 Å². The Hall–Kier alpha value is -2.47. The summed E-state index contributed by atoms with van der Waals surface area (Å²) >= 11 is 1.51. The van der Waals surface area contributed by atoms with Crippen LogP contribution in [-0.4, -0.2) is 23.8 Å². The molecule has 0 saturated heterocycles. The Labute approximate surface area is 143 Å². The summed E-state index contributed by atoms with van der Waals surface area (Å²) in [6, 6.07) is 13.3. The van der Waals surface area contributed by atoms with Crippen LogP contribution in [0.2, 0.25) is 0 Å². The molecule has 0 N–H and O–H groups in total. The average molecular weight is 341 g/mol. The monoisotopic (exact) mass is 341 g/mol. The molecule has 0 amide bonds. The minimum Gasteiger partial charge on any atom is -0.497 e. The zero-order chi connectivity index (χ0) is 16.5. The van der Waals surface area contributed by atoms with E-state index < -0.39 is 0 Å². The van der Waals surface area contributed by atoms with Crippen molar-refractivity contribution in [2.45, 2.75) is 17.6 Å². The van der Waals surface area contributed by atoms with Crippen molar-refractivity contribution in [2.24, 2.45) is 0 Å². The molecule has 0 saturated carbocycles. The maximum Gasteiger partial charge on any atom is 0.311 e. The third-order valence-electron chi connectivity index (χ3n) is 3.98. The second kappa shape index (κ2) is 6.20. The zero-order valence-electron chi connectivity index (χ0n) is 13.0. The first-order chi connectivity index (χ1) is 11.7. The number of benzene rings is 2. The number of hydrogen-bond donors (Lipinski definition) is 0. The van der Waals surface area contributed by atoms with Crippen LogP contribution in [0.25, 0.3) is 11.1 Å². The van der Waals surface area contributed by atoms with E-state index in [4.69, 9.17) is 13.9 Å². The largest absolute Gasteiger partial charge is 0.497 e. The first-order valence-corrected chi connectivity index (χ1v) is 8.58. The molecule has 1 aromatic heterocycles. The molecule has 0 fully saturated rings. The third-order valence-corrected chi connectivity index (χ3v) is 4.97. The summed E-state index contributed by atoms with van der Waals surface area (Å²) in [4.78, 5) is 16.3. The van der Waals surface area contributed by atoms with Gasteiger partial charge in [0.2, 0.25) is 0 Å². The minimum absolute atomic E-state index is 0.0622. The van der Waals surface area contributed by atoms with E-state index in [0.717, 1.165) is 16.7 Å². The normalized spacial score (nSPS) is 16.7. The topological polar surface area (TPSA) is 61.6 Å². The van der Waals surface area contributed by atoms with E-state index in [9.17, 15) is 4.79 Å². The van der Waals surface area contributed by atoms with E-state index in [-0.39, 0.29) is 11.9 Å². The quantitative estimate of drug-likeness (QED) is 0.406. The number of thioether (sulfide) groups is 1. The lowest BCUT2D eigenvalue weighted by Gasteiger charge is -2.24. The fraction of sp³-hybridized carbons (Fsp3) is 0.222. The van der Waals surface area contributed by atoms with Crippen LogP contribution in [0.3, 0.4) is 0 Å². The fourth-order valence-electron chi connectivity index (χ4n) is 2.78. The predicted octanol–water partition coefficient (Wildman–Crippen LogP) is 4.02. The van der Waals surface area contributed by atoms with Gasteiger partial charge in [0.1, 0.15) is 17.0 Å².